The minimum absolute atomic E-state index is 0.0800. The molecule has 5 atom stereocenters. The van der Waals surface area contributed by atoms with Crippen LogP contribution in [0.3, 0.4) is 0 Å². The zero-order chi connectivity index (χ0) is 84.5. The number of fused-ring (bicyclic) bond motifs is 8. The van der Waals surface area contributed by atoms with E-state index in [0.717, 1.165) is 100 Å². The number of nitrogens with two attached hydrogens (primary N) is 4. The maximum absolute atomic E-state index is 15.3. The lowest BCUT2D eigenvalue weighted by Crippen LogP contribution is -2.59. The third-order valence-corrected chi connectivity index (χ3v) is 21.4. The SMILES string of the molecule is CCCCc1nc2c(N)nc3ccccc3c2n1CCCCNC(=O)CC[C@H](NC(=O)[C@H](Cc1c[nH]c2ccccc12)NC(=O)[C@H](CCC(N)=O)NC(=O)[C@H](Cc1c[nH]c2ccccc12)NC(=O)[C@H](CCC(=O)NCCCCn1c(CCCC)nc2c(N)nc3ccccc3c21)NC(=O)CCCCCNC(=O)CCN1C(=O)C=CC1=O)C(N)=O. The van der Waals surface area contributed by atoms with Crippen LogP contribution in [0.2, 0.25) is 0 Å². The number of unbranched alkanes of at least 4 members (excludes halogenated alkanes) is 6. The van der Waals surface area contributed by atoms with Crippen LogP contribution in [0.25, 0.3) is 65.7 Å². The predicted molar refractivity (Wildman–Crippen MR) is 452 cm³/mol. The number of nitrogens with zero attached hydrogens (tertiary/aromatic N) is 7. The number of benzene rings is 4. The molecule has 0 saturated heterocycles. The van der Waals surface area contributed by atoms with Crippen molar-refractivity contribution in [1.82, 2.24) is 86.5 Å². The summed E-state index contributed by atoms with van der Waals surface area (Å²) < 4.78 is 4.37. The molecular weight excluding hydrogens is 1520 g/mol. The molecule has 4 aromatic carbocycles. The van der Waals surface area contributed by atoms with Crippen molar-refractivity contribution in [2.75, 3.05) is 37.6 Å². The second-order valence-electron chi connectivity index (χ2n) is 30.2. The minimum Gasteiger partial charge on any atom is -0.382 e. The number of pyridine rings is 2. The molecular formula is C86H107N21O12. The number of para-hydroxylation sites is 4. The lowest BCUT2D eigenvalue weighted by Gasteiger charge is -2.27. The Labute approximate surface area is 687 Å². The highest BCUT2D eigenvalue weighted by Gasteiger charge is 2.35. The van der Waals surface area contributed by atoms with Gasteiger partial charge in [0, 0.05) is 154 Å². The van der Waals surface area contributed by atoms with E-state index in [1.54, 1.807) is 30.6 Å². The van der Waals surface area contributed by atoms with E-state index in [-0.39, 0.29) is 76.9 Å². The fourth-order valence-corrected chi connectivity index (χ4v) is 15.0. The Hall–Kier alpha value is -13.1. The molecule has 12 amide bonds. The molecule has 33 nitrogen and oxygen atoms in total. The second kappa shape index (κ2) is 42.2. The van der Waals surface area contributed by atoms with E-state index >= 15 is 14.4 Å². The standard InChI is InChI=1S/C86H107N21O12/c1-3-5-30-68-103-76-78(56-24-11-15-28-60(56)97-80(76)88)105(68)45-20-18-43-91-70(109)37-34-62(82(90)115)99-85(118)65(48-52-50-94-58-26-13-9-22-54(52)58)102-84(117)64(33-36-67(87)108)100-86(119)66(49-53-51-95-59-27-14-10-23-55(53)59)101-83(116)63(96-73(112)32-8-7-17-42-93-72(111)41-47-107-74(113)39-40-75(107)114)35-38-71(110)92-44-19-21-46-106-69(31-6-4-2)104-77-79(106)57-25-12-16-29-61(57)98-81(77)89/h9-16,22-29,39-40,50-51,62-66,94-95H,3-8,17-21,30-38,41-49H2,1-2H3,(H2,87,108)(H2,88,97)(H2,89,98)(H2,90,115)(H,91,109)(H,92,110)(H,93,111)(H,96,112)(H,99,118)(H,100,119)(H,101,116)(H,102,117)/t62-,63-,64-,65-,66-/m0/s1. The summed E-state index contributed by atoms with van der Waals surface area (Å²) in [6.07, 6.45) is 12.2. The largest absolute Gasteiger partial charge is 0.382 e. The second-order valence-corrected chi connectivity index (χ2v) is 30.2. The van der Waals surface area contributed by atoms with E-state index in [1.807, 2.05) is 78.9 Å². The highest BCUT2D eigenvalue weighted by atomic mass is 16.2. The Morgan fingerprint density at radius 3 is 1.29 bits per heavy atom. The molecule has 33 heteroatoms. The molecule has 1 aliphatic rings. The Balaban J connectivity index is 0.762. The van der Waals surface area contributed by atoms with Gasteiger partial charge >= 0.3 is 0 Å². The van der Waals surface area contributed by atoms with Crippen LogP contribution >= 0.6 is 0 Å². The van der Waals surface area contributed by atoms with Crippen molar-refractivity contribution in [3.8, 4) is 0 Å². The lowest BCUT2D eigenvalue weighted by molar-refractivity contribution is -0.137. The normalized spacial score (nSPS) is 13.4. The Bertz CT molecular complexity index is 5370. The number of carbonyl (C=O) groups is 12. The fourth-order valence-electron chi connectivity index (χ4n) is 15.0. The van der Waals surface area contributed by atoms with Gasteiger partial charge in [0.05, 0.1) is 22.1 Å². The van der Waals surface area contributed by atoms with E-state index in [9.17, 15) is 43.2 Å². The lowest BCUT2D eigenvalue weighted by atomic mass is 10.0. The van der Waals surface area contributed by atoms with E-state index in [0.29, 0.717) is 120 Å². The van der Waals surface area contributed by atoms with E-state index in [1.165, 1.54) is 0 Å². The fraction of sp³-hybridized carbons (Fsp3) is 0.419. The number of rotatable bonds is 48. The number of aryl methyl sites for hydroxylation is 4. The van der Waals surface area contributed by atoms with Crippen LogP contribution in [0.15, 0.2) is 122 Å². The number of amides is 12. The zero-order valence-corrected chi connectivity index (χ0v) is 67.3. The van der Waals surface area contributed by atoms with Gasteiger partial charge in [-0.25, -0.2) is 19.9 Å². The van der Waals surface area contributed by atoms with E-state index < -0.39 is 108 Å². The number of primary amides is 2. The van der Waals surface area contributed by atoms with Gasteiger partial charge in [0.2, 0.25) is 59.1 Å². The van der Waals surface area contributed by atoms with Crippen molar-refractivity contribution in [2.24, 2.45) is 11.5 Å². The van der Waals surface area contributed by atoms with Gasteiger partial charge in [-0.05, 0) is 106 Å². The molecule has 0 unspecified atom stereocenters. The molecule has 628 valence electrons. The summed E-state index contributed by atoms with van der Waals surface area (Å²) in [6, 6.07) is 22.5. The summed E-state index contributed by atoms with van der Waals surface area (Å²) in [4.78, 5) is 191. The molecule has 10 aromatic rings. The molecule has 11 rings (SSSR count). The first-order chi connectivity index (χ1) is 57.5. The molecule has 0 bridgehead atoms. The molecule has 1 aliphatic heterocycles. The van der Waals surface area contributed by atoms with Gasteiger partial charge in [0.25, 0.3) is 11.8 Å². The highest BCUT2D eigenvalue weighted by molar-refractivity contribution is 6.13. The Kier molecular flexibility index (Phi) is 30.7. The number of imidazole rings is 2. The number of aromatic amines is 2. The molecule has 18 N–H and O–H groups in total. The molecule has 0 radical (unpaired) electrons. The molecule has 0 spiro atoms. The third kappa shape index (κ3) is 23.2. The first-order valence-electron chi connectivity index (χ1n) is 41.1. The highest BCUT2D eigenvalue weighted by Crippen LogP contribution is 2.32. The maximum Gasteiger partial charge on any atom is 0.253 e. The molecule has 7 heterocycles. The number of anilines is 2. The average molecular weight is 1630 g/mol. The summed E-state index contributed by atoms with van der Waals surface area (Å²) in [6.45, 7) is 6.12. The molecule has 119 heavy (non-hydrogen) atoms. The Morgan fingerprint density at radius 2 is 0.815 bits per heavy atom. The first kappa shape index (κ1) is 86.8. The van der Waals surface area contributed by atoms with Crippen LogP contribution in [-0.4, -0.2) is 171 Å². The molecule has 0 fully saturated rings. The Morgan fingerprint density at radius 1 is 0.412 bits per heavy atom. The summed E-state index contributed by atoms with van der Waals surface area (Å²) in [5.41, 5.74) is 31.7. The van der Waals surface area contributed by atoms with Crippen molar-refractivity contribution in [2.45, 2.75) is 205 Å². The maximum atomic E-state index is 15.3. The van der Waals surface area contributed by atoms with Gasteiger partial charge in [-0.1, -0.05) is 106 Å². The minimum atomic E-state index is -1.63. The summed E-state index contributed by atoms with van der Waals surface area (Å²) in [7, 11) is 0. The van der Waals surface area contributed by atoms with Gasteiger partial charge < -0.3 is 84.6 Å². The van der Waals surface area contributed by atoms with Crippen LogP contribution in [-0.2, 0) is 96.3 Å². The van der Waals surface area contributed by atoms with Crippen molar-refractivity contribution in [3.63, 3.8) is 0 Å². The van der Waals surface area contributed by atoms with Gasteiger partial charge in [0.1, 0.15) is 52.9 Å². The van der Waals surface area contributed by atoms with E-state index in [2.05, 4.69) is 85.5 Å². The van der Waals surface area contributed by atoms with Crippen LogP contribution in [0.1, 0.15) is 159 Å². The topological polar surface area (TPSA) is 501 Å². The van der Waals surface area contributed by atoms with Crippen molar-refractivity contribution in [3.05, 3.63) is 144 Å². The van der Waals surface area contributed by atoms with Crippen LogP contribution in [0.5, 0.6) is 0 Å². The summed E-state index contributed by atoms with van der Waals surface area (Å²) in [5.74, 6) is -5.73. The number of H-pyrrole nitrogens is 2. The number of nitrogens with one attached hydrogen (secondary N) is 10. The van der Waals surface area contributed by atoms with Crippen LogP contribution in [0, 0.1) is 0 Å². The third-order valence-electron chi connectivity index (χ3n) is 21.4. The zero-order valence-electron chi connectivity index (χ0n) is 67.3. The van der Waals surface area contributed by atoms with Crippen molar-refractivity contribution < 1.29 is 57.5 Å². The number of imide groups is 1. The van der Waals surface area contributed by atoms with Crippen LogP contribution in [0.4, 0.5) is 11.6 Å². The molecule has 6 aromatic heterocycles. The van der Waals surface area contributed by atoms with Gasteiger partial charge in [-0.2, -0.15) is 0 Å². The number of carbonyl (C=O) groups excluding carboxylic acids is 12. The van der Waals surface area contributed by atoms with Crippen molar-refractivity contribution in [1.29, 1.82) is 0 Å². The van der Waals surface area contributed by atoms with Gasteiger partial charge in [0.15, 0.2) is 11.6 Å². The quantitative estimate of drug-likeness (QED) is 0.0153. The summed E-state index contributed by atoms with van der Waals surface area (Å²) in [5, 5.41) is 25.6. The number of aromatic nitrogens is 8. The van der Waals surface area contributed by atoms with Gasteiger partial charge in [-0.15, -0.1) is 0 Å². The first-order valence-corrected chi connectivity index (χ1v) is 41.1. The predicted octanol–water partition coefficient (Wildman–Crippen LogP) is 6.00. The van der Waals surface area contributed by atoms with E-state index in [4.69, 9.17) is 32.9 Å². The average Bonchev–Trinajstić information content (AvgIpc) is 1.62. The number of hydrogen-bond acceptors (Lipinski definition) is 18. The molecule has 0 saturated carbocycles. The van der Waals surface area contributed by atoms with Gasteiger partial charge in [-0.3, -0.25) is 62.4 Å². The number of hydrogen-bond donors (Lipinski definition) is 14. The van der Waals surface area contributed by atoms with Crippen molar-refractivity contribution >= 4 is 148 Å². The summed E-state index contributed by atoms with van der Waals surface area (Å²) >= 11 is 0. The number of nitrogen functional groups attached to an aromatic ring is 2. The smallest absolute Gasteiger partial charge is 0.253 e. The molecule has 0 aliphatic carbocycles. The monoisotopic (exact) mass is 1630 g/mol. The van der Waals surface area contributed by atoms with Crippen LogP contribution < -0.4 is 65.5 Å².